The third-order valence-electron chi connectivity index (χ3n) is 4.04. The average Bonchev–Trinajstić information content (AvgIpc) is 2.96. The summed E-state index contributed by atoms with van der Waals surface area (Å²) in [5.41, 5.74) is 6.79. The fourth-order valence-corrected chi connectivity index (χ4v) is 3.09. The molecule has 17 heavy (non-hydrogen) atoms. The quantitative estimate of drug-likeness (QED) is 0.781. The largest absolute Gasteiger partial charge is 0.351 e. The first-order valence-corrected chi connectivity index (χ1v) is 6.13. The molecule has 5 nitrogen and oxygen atoms in total. The number of hydrogen-bond donors (Lipinski definition) is 1. The van der Waals surface area contributed by atoms with E-state index in [-0.39, 0.29) is 11.9 Å². The minimum absolute atomic E-state index is 0.0489. The maximum absolute atomic E-state index is 12.1. The van der Waals surface area contributed by atoms with Gasteiger partial charge >= 0.3 is 0 Å². The van der Waals surface area contributed by atoms with Crippen LogP contribution in [0.4, 0.5) is 0 Å². The summed E-state index contributed by atoms with van der Waals surface area (Å²) in [6, 6.07) is 1.95. The molecular weight excluding hydrogens is 218 g/mol. The van der Waals surface area contributed by atoms with Gasteiger partial charge in [0, 0.05) is 25.2 Å². The molecular formula is C12H17N3O2. The topological polar surface area (TPSA) is 72.4 Å². The predicted octanol–water partition coefficient (Wildman–Crippen LogP) is 0.792. The minimum Gasteiger partial charge on any atom is -0.351 e. The zero-order chi connectivity index (χ0) is 12.0. The lowest BCUT2D eigenvalue weighted by atomic mass is 9.98. The number of fused-ring (bicyclic) bond motifs is 1. The van der Waals surface area contributed by atoms with E-state index < -0.39 is 0 Å². The lowest BCUT2D eigenvalue weighted by Crippen LogP contribution is -2.33. The van der Waals surface area contributed by atoms with E-state index in [1.54, 1.807) is 6.07 Å². The summed E-state index contributed by atoms with van der Waals surface area (Å²) >= 11 is 0. The molecule has 1 saturated heterocycles. The van der Waals surface area contributed by atoms with Crippen molar-refractivity contribution in [2.24, 2.45) is 17.6 Å². The van der Waals surface area contributed by atoms with Gasteiger partial charge in [-0.3, -0.25) is 4.79 Å². The number of carbonyl (C=O) groups is 1. The minimum atomic E-state index is -0.0489. The predicted molar refractivity (Wildman–Crippen MR) is 61.3 cm³/mol. The Balaban J connectivity index is 1.73. The van der Waals surface area contributed by atoms with E-state index >= 15 is 0 Å². The SMILES string of the molecule is Cc1cc(C(=O)N2C[C@@H]3CC[C@@H](N)[C@@H]3C2)on1. The van der Waals surface area contributed by atoms with Crippen LogP contribution in [0.15, 0.2) is 10.6 Å². The van der Waals surface area contributed by atoms with Gasteiger partial charge in [0.2, 0.25) is 5.76 Å². The number of hydrogen-bond acceptors (Lipinski definition) is 4. The Bertz CT molecular complexity index is 443. The second-order valence-electron chi connectivity index (χ2n) is 5.21. The van der Waals surface area contributed by atoms with Gasteiger partial charge < -0.3 is 15.2 Å². The number of aromatic nitrogens is 1. The molecule has 1 amide bonds. The number of nitrogens with zero attached hydrogens (tertiary/aromatic N) is 2. The van der Waals surface area contributed by atoms with E-state index in [0.717, 1.165) is 31.6 Å². The van der Waals surface area contributed by atoms with Gasteiger partial charge in [0.05, 0.1) is 5.69 Å². The Hall–Kier alpha value is -1.36. The Kier molecular flexibility index (Phi) is 2.43. The molecule has 0 radical (unpaired) electrons. The zero-order valence-electron chi connectivity index (χ0n) is 9.93. The third kappa shape index (κ3) is 1.74. The van der Waals surface area contributed by atoms with Gasteiger partial charge in [-0.25, -0.2) is 0 Å². The Morgan fingerprint density at radius 1 is 1.53 bits per heavy atom. The number of amides is 1. The van der Waals surface area contributed by atoms with Crippen molar-refractivity contribution >= 4 is 5.91 Å². The van der Waals surface area contributed by atoms with Gasteiger partial charge in [-0.05, 0) is 31.6 Å². The molecule has 3 atom stereocenters. The average molecular weight is 235 g/mol. The summed E-state index contributed by atoms with van der Waals surface area (Å²) in [5.74, 6) is 1.35. The van der Waals surface area contributed by atoms with Crippen molar-refractivity contribution in [1.82, 2.24) is 10.1 Å². The van der Waals surface area contributed by atoms with Crippen molar-refractivity contribution in [2.45, 2.75) is 25.8 Å². The molecule has 1 aliphatic heterocycles. The van der Waals surface area contributed by atoms with E-state index in [1.807, 2.05) is 11.8 Å². The number of carbonyl (C=O) groups excluding carboxylic acids is 1. The maximum atomic E-state index is 12.1. The van der Waals surface area contributed by atoms with Crippen LogP contribution in [0.2, 0.25) is 0 Å². The molecule has 0 unspecified atom stereocenters. The van der Waals surface area contributed by atoms with Crippen LogP contribution in [0, 0.1) is 18.8 Å². The smallest absolute Gasteiger partial charge is 0.292 e. The monoisotopic (exact) mass is 235 g/mol. The second-order valence-corrected chi connectivity index (χ2v) is 5.21. The van der Waals surface area contributed by atoms with Crippen LogP contribution < -0.4 is 5.73 Å². The number of aryl methyl sites for hydroxylation is 1. The first-order chi connectivity index (χ1) is 8.15. The van der Waals surface area contributed by atoms with Crippen molar-refractivity contribution in [2.75, 3.05) is 13.1 Å². The van der Waals surface area contributed by atoms with Crippen LogP contribution in [0.5, 0.6) is 0 Å². The molecule has 3 rings (SSSR count). The zero-order valence-corrected chi connectivity index (χ0v) is 9.93. The van der Waals surface area contributed by atoms with Crippen molar-refractivity contribution < 1.29 is 9.32 Å². The lowest BCUT2D eigenvalue weighted by Gasteiger charge is -2.16. The van der Waals surface area contributed by atoms with Crippen LogP contribution in [0.1, 0.15) is 29.1 Å². The first-order valence-electron chi connectivity index (χ1n) is 6.13. The standard InChI is InChI=1S/C12H17N3O2/c1-7-4-11(17-14-7)12(16)15-5-8-2-3-10(13)9(8)6-15/h4,8-10H,2-3,5-6,13H2,1H3/t8-,9+,10+/m0/s1. The maximum Gasteiger partial charge on any atom is 0.292 e. The lowest BCUT2D eigenvalue weighted by molar-refractivity contribution is 0.0738. The van der Waals surface area contributed by atoms with E-state index in [0.29, 0.717) is 17.6 Å². The Morgan fingerprint density at radius 3 is 3.00 bits per heavy atom. The van der Waals surface area contributed by atoms with Gasteiger partial charge in [-0.15, -0.1) is 0 Å². The van der Waals surface area contributed by atoms with Crippen LogP contribution in [0.3, 0.4) is 0 Å². The molecule has 2 aliphatic rings. The van der Waals surface area contributed by atoms with Gasteiger partial charge in [0.25, 0.3) is 5.91 Å². The van der Waals surface area contributed by atoms with E-state index in [2.05, 4.69) is 5.16 Å². The summed E-state index contributed by atoms with van der Waals surface area (Å²) in [6.07, 6.45) is 2.24. The van der Waals surface area contributed by atoms with Crippen molar-refractivity contribution in [3.05, 3.63) is 17.5 Å². The van der Waals surface area contributed by atoms with Gasteiger partial charge in [-0.1, -0.05) is 5.16 Å². The molecule has 0 aromatic carbocycles. The van der Waals surface area contributed by atoms with Crippen LogP contribution in [-0.4, -0.2) is 35.1 Å². The third-order valence-corrected chi connectivity index (χ3v) is 4.04. The molecule has 92 valence electrons. The normalized spacial score (nSPS) is 31.9. The van der Waals surface area contributed by atoms with E-state index in [1.165, 1.54) is 0 Å². The molecule has 1 saturated carbocycles. The van der Waals surface area contributed by atoms with Gasteiger partial charge in [0.1, 0.15) is 0 Å². The number of likely N-dealkylation sites (tertiary alicyclic amines) is 1. The Labute approximate surface area is 99.9 Å². The molecule has 1 aliphatic carbocycles. The van der Waals surface area contributed by atoms with Crippen LogP contribution in [0.25, 0.3) is 0 Å². The molecule has 2 N–H and O–H groups in total. The van der Waals surface area contributed by atoms with Gasteiger partial charge in [0.15, 0.2) is 0 Å². The summed E-state index contributed by atoms with van der Waals surface area (Å²) in [5, 5.41) is 3.75. The van der Waals surface area contributed by atoms with Gasteiger partial charge in [-0.2, -0.15) is 0 Å². The molecule has 1 aromatic heterocycles. The number of rotatable bonds is 1. The highest BCUT2D eigenvalue weighted by Gasteiger charge is 2.43. The molecule has 0 spiro atoms. The van der Waals surface area contributed by atoms with Crippen LogP contribution in [-0.2, 0) is 0 Å². The second kappa shape index (κ2) is 3.84. The highest BCUT2D eigenvalue weighted by atomic mass is 16.5. The first kappa shape index (κ1) is 10.8. The molecule has 1 aromatic rings. The summed E-state index contributed by atoms with van der Waals surface area (Å²) in [4.78, 5) is 14.0. The Morgan fingerprint density at radius 2 is 2.35 bits per heavy atom. The molecule has 5 heteroatoms. The fourth-order valence-electron chi connectivity index (χ4n) is 3.09. The highest BCUT2D eigenvalue weighted by Crippen LogP contribution is 2.37. The van der Waals surface area contributed by atoms with E-state index in [4.69, 9.17) is 10.3 Å². The highest BCUT2D eigenvalue weighted by molar-refractivity contribution is 5.91. The molecule has 0 bridgehead atoms. The molecule has 2 heterocycles. The van der Waals surface area contributed by atoms with Crippen molar-refractivity contribution in [3.63, 3.8) is 0 Å². The van der Waals surface area contributed by atoms with Crippen LogP contribution >= 0.6 is 0 Å². The summed E-state index contributed by atoms with van der Waals surface area (Å²) < 4.78 is 5.01. The van der Waals surface area contributed by atoms with Crippen molar-refractivity contribution in [3.8, 4) is 0 Å². The fraction of sp³-hybridized carbons (Fsp3) is 0.667. The summed E-state index contributed by atoms with van der Waals surface area (Å²) in [6.45, 7) is 3.40. The number of nitrogens with two attached hydrogens (primary N) is 1. The summed E-state index contributed by atoms with van der Waals surface area (Å²) in [7, 11) is 0. The van der Waals surface area contributed by atoms with E-state index in [9.17, 15) is 4.79 Å². The van der Waals surface area contributed by atoms with Crippen molar-refractivity contribution in [1.29, 1.82) is 0 Å². The molecule has 2 fully saturated rings.